The average molecular weight is 175 g/mol. The molecule has 0 saturated carbocycles. The zero-order chi connectivity index (χ0) is 7.49. The zero-order valence-electron chi connectivity index (χ0n) is 3.96. The summed E-state index contributed by atoms with van der Waals surface area (Å²) in [6.45, 7) is 0. The summed E-state index contributed by atoms with van der Waals surface area (Å²) >= 11 is 0. The highest BCUT2D eigenvalue weighted by atomic mass is 35.7. The number of hydrogen-bond acceptors (Lipinski definition) is 3. The van der Waals surface area contributed by atoms with Gasteiger partial charge < -0.3 is 5.11 Å². The fourth-order valence-electron chi connectivity index (χ4n) is 0.105. The van der Waals surface area contributed by atoms with Gasteiger partial charge in [-0.05, 0) is 0 Å². The van der Waals surface area contributed by atoms with Crippen molar-refractivity contribution < 1.29 is 18.3 Å². The fraction of sp³-hybridized carbons (Fsp3) is 0. The van der Waals surface area contributed by atoms with Crippen LogP contribution in [0.15, 0.2) is 0 Å². The molecule has 0 heterocycles. The van der Waals surface area contributed by atoms with Gasteiger partial charge in [0.1, 0.15) is 0 Å². The van der Waals surface area contributed by atoms with Gasteiger partial charge in [0.2, 0.25) is 0 Å². The summed E-state index contributed by atoms with van der Waals surface area (Å²) in [4.78, 5) is 10.9. The van der Waals surface area contributed by atoms with Gasteiger partial charge in [0, 0.05) is 10.7 Å². The highest BCUT2D eigenvalue weighted by Crippen LogP contribution is 1.84. The normalized spacial score (nSPS) is 10.8. The van der Waals surface area contributed by atoms with E-state index < -0.39 is 15.3 Å². The molecule has 0 aromatic rings. The molecular formula is CH3ClN2O4S. The molecule has 9 heavy (non-hydrogen) atoms. The van der Waals surface area contributed by atoms with Gasteiger partial charge in [0.05, 0.1) is 0 Å². The molecule has 0 fully saturated rings. The van der Waals surface area contributed by atoms with Crippen molar-refractivity contribution in [3.63, 3.8) is 0 Å². The van der Waals surface area contributed by atoms with Crippen molar-refractivity contribution in [3.8, 4) is 0 Å². The maximum absolute atomic E-state index is 9.86. The monoisotopic (exact) mass is 174 g/mol. The molecule has 0 aliphatic rings. The van der Waals surface area contributed by atoms with E-state index in [4.69, 9.17) is 5.11 Å². The molecule has 0 atom stereocenters. The fourth-order valence-corrected chi connectivity index (χ4v) is 0.430. The second-order valence-corrected chi connectivity index (χ2v) is 3.27. The smallest absolute Gasteiger partial charge is 0.420 e. The molecule has 6 nitrogen and oxygen atoms in total. The van der Waals surface area contributed by atoms with E-state index in [-0.39, 0.29) is 0 Å². The first-order valence-electron chi connectivity index (χ1n) is 1.62. The van der Waals surface area contributed by atoms with Crippen LogP contribution in [-0.4, -0.2) is 19.6 Å². The van der Waals surface area contributed by atoms with E-state index >= 15 is 0 Å². The lowest BCUT2D eigenvalue weighted by atomic mass is 11.3. The Morgan fingerprint density at radius 1 is 1.56 bits per heavy atom. The van der Waals surface area contributed by atoms with Crippen LogP contribution in [0.2, 0.25) is 0 Å². The lowest BCUT2D eigenvalue weighted by Crippen LogP contribution is -2.38. The van der Waals surface area contributed by atoms with Gasteiger partial charge in [-0.15, -0.1) is 4.83 Å². The number of carboxylic acid groups (broad SMARTS) is 1. The maximum atomic E-state index is 9.86. The summed E-state index contributed by atoms with van der Waals surface area (Å²) in [7, 11) is 0.524. The third kappa shape index (κ3) is 7.47. The standard InChI is InChI=1S/CH3ClN2O4S/c2-9(7,8)4-3-1(5)6/h3-4H,(H,5,6). The highest BCUT2D eigenvalue weighted by molar-refractivity contribution is 8.12. The Bertz CT molecular complexity index is 197. The van der Waals surface area contributed by atoms with Gasteiger partial charge >= 0.3 is 15.3 Å². The molecule has 0 unspecified atom stereocenters. The van der Waals surface area contributed by atoms with Crippen molar-refractivity contribution in [1.82, 2.24) is 10.3 Å². The van der Waals surface area contributed by atoms with E-state index in [1.165, 1.54) is 10.3 Å². The number of rotatable bonds is 2. The van der Waals surface area contributed by atoms with Crippen molar-refractivity contribution in [1.29, 1.82) is 0 Å². The van der Waals surface area contributed by atoms with Crippen LogP contribution in [0.3, 0.4) is 0 Å². The van der Waals surface area contributed by atoms with Crippen LogP contribution < -0.4 is 10.3 Å². The van der Waals surface area contributed by atoms with E-state index in [2.05, 4.69) is 10.7 Å². The van der Waals surface area contributed by atoms with Crippen molar-refractivity contribution in [2.45, 2.75) is 0 Å². The highest BCUT2D eigenvalue weighted by Gasteiger charge is 2.03. The molecular weight excluding hydrogens is 172 g/mol. The van der Waals surface area contributed by atoms with Gasteiger partial charge in [-0.1, -0.05) is 0 Å². The van der Waals surface area contributed by atoms with Gasteiger partial charge in [-0.25, -0.2) is 10.2 Å². The van der Waals surface area contributed by atoms with Crippen molar-refractivity contribution in [3.05, 3.63) is 0 Å². The first-order valence-corrected chi connectivity index (χ1v) is 3.93. The second kappa shape index (κ2) is 2.85. The topological polar surface area (TPSA) is 95.5 Å². The minimum absolute atomic E-state index is 1.31. The minimum atomic E-state index is -3.99. The van der Waals surface area contributed by atoms with Gasteiger partial charge in [0.15, 0.2) is 0 Å². The molecule has 0 radical (unpaired) electrons. The predicted molar refractivity (Wildman–Crippen MR) is 29.1 cm³/mol. The Morgan fingerprint density at radius 3 is 2.11 bits per heavy atom. The van der Waals surface area contributed by atoms with Gasteiger partial charge in [-0.2, -0.15) is 8.42 Å². The Morgan fingerprint density at radius 2 is 2.00 bits per heavy atom. The molecule has 0 bridgehead atoms. The summed E-state index contributed by atoms with van der Waals surface area (Å²) in [5, 5.41) is 7.78. The summed E-state index contributed by atoms with van der Waals surface area (Å²) < 4.78 is 19.7. The van der Waals surface area contributed by atoms with E-state index in [0.717, 1.165) is 0 Å². The Balaban J connectivity index is 3.67. The third-order valence-corrected chi connectivity index (χ3v) is 0.857. The van der Waals surface area contributed by atoms with Crippen LogP contribution in [0.4, 0.5) is 4.79 Å². The molecule has 8 heteroatoms. The van der Waals surface area contributed by atoms with Gasteiger partial charge in [0.25, 0.3) is 0 Å². The van der Waals surface area contributed by atoms with Crippen LogP contribution in [0.25, 0.3) is 0 Å². The predicted octanol–water partition coefficient (Wildman–Crippen LogP) is -0.758. The molecule has 0 aliphatic carbocycles. The summed E-state index contributed by atoms with van der Waals surface area (Å²) in [5.41, 5.74) is 1.33. The number of nitrogens with one attached hydrogen (secondary N) is 2. The van der Waals surface area contributed by atoms with Crippen molar-refractivity contribution in [2.75, 3.05) is 0 Å². The largest absolute Gasteiger partial charge is 0.464 e. The lowest BCUT2D eigenvalue weighted by Gasteiger charge is -1.95. The van der Waals surface area contributed by atoms with Crippen LogP contribution in [0.5, 0.6) is 0 Å². The van der Waals surface area contributed by atoms with E-state index in [9.17, 15) is 13.2 Å². The number of amides is 1. The molecule has 0 spiro atoms. The molecule has 0 aliphatic heterocycles. The molecule has 0 saturated heterocycles. The Kier molecular flexibility index (Phi) is 2.68. The number of halogens is 1. The summed E-state index contributed by atoms with van der Waals surface area (Å²) in [5.74, 6) is 0. The first-order chi connectivity index (χ1) is 3.92. The third-order valence-electron chi connectivity index (χ3n) is 0.280. The van der Waals surface area contributed by atoms with Crippen molar-refractivity contribution >= 4 is 26.0 Å². The molecule has 0 aromatic heterocycles. The summed E-state index contributed by atoms with van der Waals surface area (Å²) in [6, 6.07) is 0. The number of hydrazine groups is 1. The molecule has 3 N–H and O–H groups in total. The quantitative estimate of drug-likeness (QED) is 0.379. The number of hydrogen-bond donors (Lipinski definition) is 3. The minimum Gasteiger partial charge on any atom is -0.464 e. The molecule has 0 rings (SSSR count). The lowest BCUT2D eigenvalue weighted by molar-refractivity contribution is 0.192. The Hall–Kier alpha value is -0.530. The molecule has 0 aromatic carbocycles. The van der Waals surface area contributed by atoms with Crippen LogP contribution in [0.1, 0.15) is 0 Å². The van der Waals surface area contributed by atoms with Gasteiger partial charge in [-0.3, -0.25) is 0 Å². The zero-order valence-corrected chi connectivity index (χ0v) is 5.53. The maximum Gasteiger partial charge on any atom is 0.420 e. The first kappa shape index (κ1) is 8.47. The van der Waals surface area contributed by atoms with Crippen molar-refractivity contribution in [2.24, 2.45) is 0 Å². The average Bonchev–Trinajstić information content (AvgIpc) is 1.59. The number of carbonyl (C=O) groups is 1. The summed E-state index contributed by atoms with van der Waals surface area (Å²) in [6.07, 6.45) is -1.53. The van der Waals surface area contributed by atoms with Crippen LogP contribution in [0, 0.1) is 0 Å². The van der Waals surface area contributed by atoms with Crippen LogP contribution >= 0.6 is 10.7 Å². The van der Waals surface area contributed by atoms with E-state index in [1.807, 2.05) is 0 Å². The molecule has 1 amide bonds. The van der Waals surface area contributed by atoms with E-state index in [0.29, 0.717) is 0 Å². The van der Waals surface area contributed by atoms with E-state index in [1.54, 1.807) is 0 Å². The Labute approximate surface area is 55.3 Å². The second-order valence-electron chi connectivity index (χ2n) is 0.970. The SMILES string of the molecule is O=C(O)NNS(=O)(=O)Cl. The molecule has 54 valence electrons. The van der Waals surface area contributed by atoms with Crippen LogP contribution in [-0.2, 0) is 9.24 Å².